The van der Waals surface area contributed by atoms with E-state index in [9.17, 15) is 0 Å². The fourth-order valence-electron chi connectivity index (χ4n) is 1.24. The van der Waals surface area contributed by atoms with E-state index in [0.29, 0.717) is 5.92 Å². The number of rotatable bonds is 2. The lowest BCUT2D eigenvalue weighted by molar-refractivity contribution is 0.351. The minimum Gasteiger partial charge on any atom is -0.321 e. The summed E-state index contributed by atoms with van der Waals surface area (Å²) >= 11 is 9.52. The molecule has 0 bridgehead atoms. The predicted octanol–water partition coefficient (Wildman–Crippen LogP) is 3.93. The number of hydrogen-bond acceptors (Lipinski definition) is 1. The van der Waals surface area contributed by atoms with Crippen LogP contribution in [-0.4, -0.2) is 0 Å². The number of benzene rings is 1. The quantitative estimate of drug-likeness (QED) is 0.870. The van der Waals surface area contributed by atoms with Crippen LogP contribution in [0.25, 0.3) is 0 Å². The second kappa shape index (κ2) is 4.21. The van der Waals surface area contributed by atoms with Crippen molar-refractivity contribution in [1.82, 2.24) is 0 Å². The SMILES string of the molecule is CC(C)C(C)(N)c1ccc(Br)cc1Cl. The van der Waals surface area contributed by atoms with Gasteiger partial charge >= 0.3 is 0 Å². The molecule has 2 N–H and O–H groups in total. The average Bonchev–Trinajstić information content (AvgIpc) is 2.02. The maximum Gasteiger partial charge on any atom is 0.0467 e. The van der Waals surface area contributed by atoms with Crippen molar-refractivity contribution in [1.29, 1.82) is 0 Å². The fourth-order valence-corrected chi connectivity index (χ4v) is 2.11. The number of hydrogen-bond donors (Lipinski definition) is 1. The van der Waals surface area contributed by atoms with Gasteiger partial charge in [0.2, 0.25) is 0 Å². The Balaban J connectivity index is 3.19. The molecule has 0 radical (unpaired) electrons. The molecule has 0 aliphatic rings. The third-order valence-electron chi connectivity index (χ3n) is 2.71. The Morgan fingerprint density at radius 2 is 2.00 bits per heavy atom. The smallest absolute Gasteiger partial charge is 0.0467 e. The Labute approximate surface area is 98.8 Å². The molecule has 0 saturated heterocycles. The first-order valence-corrected chi connectivity index (χ1v) is 5.77. The van der Waals surface area contributed by atoms with Crippen molar-refractivity contribution in [2.24, 2.45) is 11.7 Å². The summed E-state index contributed by atoms with van der Waals surface area (Å²) in [5.41, 5.74) is 6.85. The summed E-state index contributed by atoms with van der Waals surface area (Å²) in [5.74, 6) is 0.348. The van der Waals surface area contributed by atoms with Crippen LogP contribution in [0.5, 0.6) is 0 Å². The number of halogens is 2. The van der Waals surface area contributed by atoms with E-state index < -0.39 is 0 Å². The molecule has 1 unspecified atom stereocenters. The Hall–Kier alpha value is -0.0500. The summed E-state index contributed by atoms with van der Waals surface area (Å²) in [4.78, 5) is 0. The molecule has 1 aromatic carbocycles. The monoisotopic (exact) mass is 275 g/mol. The minimum atomic E-state index is -0.377. The first kappa shape index (κ1) is 12.0. The molecular weight excluding hydrogens is 261 g/mol. The van der Waals surface area contributed by atoms with Gasteiger partial charge in [0.1, 0.15) is 0 Å². The van der Waals surface area contributed by atoms with Crippen molar-refractivity contribution >= 4 is 27.5 Å². The van der Waals surface area contributed by atoms with Gasteiger partial charge in [-0.15, -0.1) is 0 Å². The van der Waals surface area contributed by atoms with Gasteiger partial charge < -0.3 is 5.73 Å². The second-order valence-corrected chi connectivity index (χ2v) is 5.38. The van der Waals surface area contributed by atoms with Crippen molar-refractivity contribution in [2.45, 2.75) is 26.3 Å². The molecule has 0 aliphatic carbocycles. The van der Waals surface area contributed by atoms with Gasteiger partial charge in [0, 0.05) is 15.0 Å². The number of nitrogens with two attached hydrogens (primary N) is 1. The van der Waals surface area contributed by atoms with E-state index in [0.717, 1.165) is 15.1 Å². The Kier molecular flexibility index (Phi) is 3.62. The summed E-state index contributed by atoms with van der Waals surface area (Å²) in [6, 6.07) is 5.82. The molecule has 78 valence electrons. The van der Waals surface area contributed by atoms with E-state index in [2.05, 4.69) is 29.8 Å². The van der Waals surface area contributed by atoms with E-state index in [-0.39, 0.29) is 5.54 Å². The summed E-state index contributed by atoms with van der Waals surface area (Å²) in [6.45, 7) is 6.20. The highest BCUT2D eigenvalue weighted by Gasteiger charge is 2.27. The predicted molar refractivity (Wildman–Crippen MR) is 65.5 cm³/mol. The molecule has 1 nitrogen and oxygen atoms in total. The standard InChI is InChI=1S/C11H15BrClN/c1-7(2)11(3,14)9-5-4-8(12)6-10(9)13/h4-7H,14H2,1-3H3. The van der Waals surface area contributed by atoms with Crippen LogP contribution >= 0.6 is 27.5 Å². The van der Waals surface area contributed by atoms with Crippen molar-refractivity contribution < 1.29 is 0 Å². The first-order chi connectivity index (χ1) is 6.35. The largest absolute Gasteiger partial charge is 0.321 e. The Morgan fingerprint density at radius 3 is 2.43 bits per heavy atom. The van der Waals surface area contributed by atoms with Crippen LogP contribution in [0.2, 0.25) is 5.02 Å². The maximum atomic E-state index is 6.23. The molecule has 1 rings (SSSR count). The van der Waals surface area contributed by atoms with Gasteiger partial charge in [0.25, 0.3) is 0 Å². The Bertz CT molecular complexity index is 334. The van der Waals surface area contributed by atoms with Crippen LogP contribution in [0.1, 0.15) is 26.3 Å². The molecule has 1 atom stereocenters. The normalized spacial score (nSPS) is 15.6. The first-order valence-electron chi connectivity index (χ1n) is 4.60. The third-order valence-corrected chi connectivity index (χ3v) is 3.52. The van der Waals surface area contributed by atoms with E-state index in [1.165, 1.54) is 0 Å². The van der Waals surface area contributed by atoms with E-state index >= 15 is 0 Å². The second-order valence-electron chi connectivity index (χ2n) is 4.06. The van der Waals surface area contributed by atoms with Crippen LogP contribution in [0.4, 0.5) is 0 Å². The molecule has 0 spiro atoms. The van der Waals surface area contributed by atoms with Crippen molar-refractivity contribution in [3.63, 3.8) is 0 Å². The molecule has 0 aromatic heterocycles. The molecule has 0 heterocycles. The molecule has 0 saturated carbocycles. The lowest BCUT2D eigenvalue weighted by Crippen LogP contribution is -2.38. The van der Waals surface area contributed by atoms with Gasteiger partial charge in [-0.25, -0.2) is 0 Å². The van der Waals surface area contributed by atoms with E-state index in [1.807, 2.05) is 25.1 Å². The van der Waals surface area contributed by atoms with Gasteiger partial charge in [-0.1, -0.05) is 47.4 Å². The molecule has 0 amide bonds. The zero-order valence-electron chi connectivity index (χ0n) is 8.64. The van der Waals surface area contributed by atoms with Crippen LogP contribution in [0.15, 0.2) is 22.7 Å². The summed E-state index contributed by atoms with van der Waals surface area (Å²) in [6.07, 6.45) is 0. The zero-order valence-corrected chi connectivity index (χ0v) is 11.0. The van der Waals surface area contributed by atoms with Gasteiger partial charge in [-0.05, 0) is 30.5 Å². The van der Waals surface area contributed by atoms with E-state index in [4.69, 9.17) is 17.3 Å². The summed E-state index contributed by atoms with van der Waals surface area (Å²) < 4.78 is 0.978. The Morgan fingerprint density at radius 1 is 1.43 bits per heavy atom. The van der Waals surface area contributed by atoms with Crippen LogP contribution in [0, 0.1) is 5.92 Å². The highest BCUT2D eigenvalue weighted by molar-refractivity contribution is 9.10. The van der Waals surface area contributed by atoms with Gasteiger partial charge in [-0.3, -0.25) is 0 Å². The minimum absolute atomic E-state index is 0.348. The van der Waals surface area contributed by atoms with Crippen LogP contribution in [-0.2, 0) is 5.54 Å². The van der Waals surface area contributed by atoms with Crippen LogP contribution in [0.3, 0.4) is 0 Å². The van der Waals surface area contributed by atoms with Gasteiger partial charge in [-0.2, -0.15) is 0 Å². The van der Waals surface area contributed by atoms with Crippen molar-refractivity contribution in [3.05, 3.63) is 33.3 Å². The lowest BCUT2D eigenvalue weighted by atomic mass is 9.83. The average molecular weight is 277 g/mol. The highest BCUT2D eigenvalue weighted by Crippen LogP contribution is 2.33. The highest BCUT2D eigenvalue weighted by atomic mass is 79.9. The molecule has 0 aliphatic heterocycles. The molecule has 0 fully saturated rings. The van der Waals surface area contributed by atoms with Gasteiger partial charge in [0.05, 0.1) is 0 Å². The molecule has 1 aromatic rings. The van der Waals surface area contributed by atoms with E-state index in [1.54, 1.807) is 0 Å². The molecule has 14 heavy (non-hydrogen) atoms. The molecule has 3 heteroatoms. The topological polar surface area (TPSA) is 26.0 Å². The van der Waals surface area contributed by atoms with Gasteiger partial charge in [0.15, 0.2) is 0 Å². The summed E-state index contributed by atoms with van der Waals surface area (Å²) in [5, 5.41) is 0.720. The van der Waals surface area contributed by atoms with Crippen molar-refractivity contribution in [3.8, 4) is 0 Å². The summed E-state index contributed by atoms with van der Waals surface area (Å²) in [7, 11) is 0. The zero-order chi connectivity index (χ0) is 10.9. The maximum absolute atomic E-state index is 6.23. The third kappa shape index (κ3) is 2.30. The van der Waals surface area contributed by atoms with Crippen LogP contribution < -0.4 is 5.73 Å². The van der Waals surface area contributed by atoms with Crippen molar-refractivity contribution in [2.75, 3.05) is 0 Å². The molecular formula is C11H15BrClN. The fraction of sp³-hybridized carbons (Fsp3) is 0.455. The lowest BCUT2D eigenvalue weighted by Gasteiger charge is -2.30.